The molecule has 1 saturated carbocycles. The lowest BCUT2D eigenvalue weighted by Gasteiger charge is -2.34. The Kier molecular flexibility index (Phi) is 5.00. The van der Waals surface area contributed by atoms with Crippen LogP contribution in [-0.2, 0) is 0 Å². The van der Waals surface area contributed by atoms with Crippen LogP contribution < -0.4 is 5.32 Å². The number of carbonyl (C=O) groups excluding carboxylic acids is 2. The maximum absolute atomic E-state index is 12.9. The van der Waals surface area contributed by atoms with Crippen molar-refractivity contribution in [3.63, 3.8) is 0 Å². The lowest BCUT2D eigenvalue weighted by molar-refractivity contribution is 0.0895. The molecule has 25 heavy (non-hydrogen) atoms. The van der Waals surface area contributed by atoms with Gasteiger partial charge in [-0.15, -0.1) is 0 Å². The second kappa shape index (κ2) is 7.04. The summed E-state index contributed by atoms with van der Waals surface area (Å²) in [5.41, 5.74) is 3.60. The molecule has 0 bridgehead atoms. The van der Waals surface area contributed by atoms with E-state index in [1.807, 2.05) is 38.1 Å². The largest absolute Gasteiger partial charge is 0.354 e. The molecule has 0 radical (unpaired) electrons. The Morgan fingerprint density at radius 1 is 1.20 bits per heavy atom. The number of hydrogen-bond donors (Lipinski definition) is 2. The summed E-state index contributed by atoms with van der Waals surface area (Å²) in [6, 6.07) is 7.61. The van der Waals surface area contributed by atoms with Gasteiger partial charge < -0.3 is 10.3 Å². The molecule has 0 aliphatic heterocycles. The molecule has 1 heterocycles. The zero-order valence-corrected chi connectivity index (χ0v) is 15.5. The molecular weight excluding hydrogens is 336 g/mol. The van der Waals surface area contributed by atoms with E-state index in [9.17, 15) is 9.59 Å². The minimum absolute atomic E-state index is 0.0291. The fourth-order valence-corrected chi connectivity index (χ4v) is 3.76. The monoisotopic (exact) mass is 358 g/mol. The van der Waals surface area contributed by atoms with Crippen LogP contribution in [0.4, 0.5) is 0 Å². The number of aryl methyl sites for hydroxylation is 1. The first-order valence-electron chi connectivity index (χ1n) is 8.65. The quantitative estimate of drug-likeness (QED) is 0.757. The summed E-state index contributed by atoms with van der Waals surface area (Å²) in [6.07, 6.45) is 3.41. The van der Waals surface area contributed by atoms with Gasteiger partial charge >= 0.3 is 0 Å². The van der Waals surface area contributed by atoms with Gasteiger partial charge in [-0.25, -0.2) is 0 Å². The number of halogens is 1. The number of aromatic nitrogens is 1. The number of hydrogen-bond acceptors (Lipinski definition) is 2. The van der Waals surface area contributed by atoms with Crippen LogP contribution in [-0.4, -0.2) is 16.7 Å². The van der Waals surface area contributed by atoms with Crippen molar-refractivity contribution >= 4 is 23.3 Å². The molecule has 1 aromatic heterocycles. The third-order valence-electron chi connectivity index (χ3n) is 5.15. The summed E-state index contributed by atoms with van der Waals surface area (Å²) >= 11 is 5.99. The molecule has 132 valence electrons. The molecule has 5 heteroatoms. The molecule has 1 aromatic carbocycles. The number of Topliss-reactive ketones (excluding diaryl/α,β-unsaturated/α-hetero) is 1. The van der Waals surface area contributed by atoms with Crippen molar-refractivity contribution in [1.29, 1.82) is 0 Å². The summed E-state index contributed by atoms with van der Waals surface area (Å²) < 4.78 is 0. The van der Waals surface area contributed by atoms with Gasteiger partial charge in [0.25, 0.3) is 5.91 Å². The highest BCUT2D eigenvalue weighted by molar-refractivity contribution is 6.30. The van der Waals surface area contributed by atoms with E-state index in [1.165, 1.54) is 13.3 Å². The molecule has 1 amide bonds. The first kappa shape index (κ1) is 17.7. The SMILES string of the molecule is CC(=O)c1c(C)[nH]c(C(=O)NC(c2ccc(Cl)cc2)C2CCC2)c1C. The van der Waals surface area contributed by atoms with E-state index in [4.69, 9.17) is 11.6 Å². The lowest BCUT2D eigenvalue weighted by Crippen LogP contribution is -2.36. The minimum atomic E-state index is -0.167. The first-order valence-corrected chi connectivity index (χ1v) is 9.02. The third kappa shape index (κ3) is 3.49. The second-order valence-corrected chi connectivity index (χ2v) is 7.31. The standard InChI is InChI=1S/C20H23ClN2O2/c1-11-17(13(3)24)12(2)22-18(11)20(25)23-19(14-5-4-6-14)15-7-9-16(21)10-8-15/h7-10,14,19,22H,4-6H2,1-3H3,(H,23,25). The predicted molar refractivity (Wildman–Crippen MR) is 99.3 cm³/mol. The Labute approximate surface area is 153 Å². The molecule has 1 unspecified atom stereocenters. The third-order valence-corrected chi connectivity index (χ3v) is 5.41. The molecule has 1 atom stereocenters. The smallest absolute Gasteiger partial charge is 0.268 e. The molecule has 0 spiro atoms. The Bertz CT molecular complexity index is 804. The molecule has 1 fully saturated rings. The second-order valence-electron chi connectivity index (χ2n) is 6.87. The van der Waals surface area contributed by atoms with Gasteiger partial charge in [-0.1, -0.05) is 30.2 Å². The molecule has 0 saturated heterocycles. The highest BCUT2D eigenvalue weighted by Gasteiger charge is 2.31. The Morgan fingerprint density at radius 3 is 2.32 bits per heavy atom. The van der Waals surface area contributed by atoms with E-state index in [2.05, 4.69) is 10.3 Å². The van der Waals surface area contributed by atoms with E-state index in [1.54, 1.807) is 0 Å². The predicted octanol–water partition coefficient (Wildman–Crippen LogP) is 4.76. The highest BCUT2D eigenvalue weighted by atomic mass is 35.5. The van der Waals surface area contributed by atoms with Crippen molar-refractivity contribution in [1.82, 2.24) is 10.3 Å². The number of H-pyrrole nitrogens is 1. The summed E-state index contributed by atoms with van der Waals surface area (Å²) in [5.74, 6) is 0.243. The van der Waals surface area contributed by atoms with E-state index in [0.717, 1.165) is 24.1 Å². The van der Waals surface area contributed by atoms with Crippen molar-refractivity contribution in [3.8, 4) is 0 Å². The number of benzene rings is 1. The summed E-state index contributed by atoms with van der Waals surface area (Å²) in [5, 5.41) is 3.85. The average Bonchev–Trinajstić information content (AvgIpc) is 2.80. The normalized spacial score (nSPS) is 15.5. The summed E-state index contributed by atoms with van der Waals surface area (Å²) in [4.78, 5) is 27.7. The summed E-state index contributed by atoms with van der Waals surface area (Å²) in [7, 11) is 0. The number of rotatable bonds is 5. The van der Waals surface area contributed by atoms with E-state index >= 15 is 0 Å². The average molecular weight is 359 g/mol. The summed E-state index contributed by atoms with van der Waals surface area (Å²) in [6.45, 7) is 5.16. The Morgan fingerprint density at radius 2 is 1.84 bits per heavy atom. The molecule has 2 aromatic rings. The van der Waals surface area contributed by atoms with Crippen molar-refractivity contribution in [2.75, 3.05) is 0 Å². The van der Waals surface area contributed by atoms with Crippen LogP contribution in [0, 0.1) is 19.8 Å². The Hall–Kier alpha value is -2.07. The lowest BCUT2D eigenvalue weighted by atomic mass is 9.77. The molecule has 4 nitrogen and oxygen atoms in total. The number of nitrogens with one attached hydrogen (secondary N) is 2. The van der Waals surface area contributed by atoms with Gasteiger partial charge in [0, 0.05) is 16.3 Å². The van der Waals surface area contributed by atoms with E-state index in [-0.39, 0.29) is 17.7 Å². The van der Waals surface area contributed by atoms with E-state index in [0.29, 0.717) is 27.8 Å². The van der Waals surface area contributed by atoms with Gasteiger partial charge in [0.15, 0.2) is 5.78 Å². The van der Waals surface area contributed by atoms with Crippen LogP contribution in [0.15, 0.2) is 24.3 Å². The molecule has 1 aliphatic rings. The highest BCUT2D eigenvalue weighted by Crippen LogP contribution is 2.38. The van der Waals surface area contributed by atoms with Crippen LogP contribution in [0.5, 0.6) is 0 Å². The number of carbonyl (C=O) groups is 2. The zero-order valence-electron chi connectivity index (χ0n) is 14.8. The van der Waals surface area contributed by atoms with Crippen LogP contribution in [0.1, 0.15) is 69.9 Å². The van der Waals surface area contributed by atoms with Gasteiger partial charge in [-0.05, 0) is 62.8 Å². The first-order chi connectivity index (χ1) is 11.9. The van der Waals surface area contributed by atoms with Crippen molar-refractivity contribution < 1.29 is 9.59 Å². The van der Waals surface area contributed by atoms with E-state index < -0.39 is 0 Å². The maximum Gasteiger partial charge on any atom is 0.268 e. The fourth-order valence-electron chi connectivity index (χ4n) is 3.64. The molecule has 2 N–H and O–H groups in total. The topological polar surface area (TPSA) is 62.0 Å². The number of amides is 1. The van der Waals surface area contributed by atoms with Gasteiger partial charge in [0.05, 0.1) is 6.04 Å². The van der Waals surface area contributed by atoms with Crippen LogP contribution in [0.3, 0.4) is 0 Å². The van der Waals surface area contributed by atoms with Crippen molar-refractivity contribution in [3.05, 3.63) is 57.4 Å². The van der Waals surface area contributed by atoms with Crippen LogP contribution in [0.25, 0.3) is 0 Å². The van der Waals surface area contributed by atoms with Gasteiger partial charge in [0.1, 0.15) is 5.69 Å². The molecular formula is C20H23ClN2O2. The number of aromatic amines is 1. The van der Waals surface area contributed by atoms with Gasteiger partial charge in [-0.3, -0.25) is 9.59 Å². The molecule has 3 rings (SSSR count). The van der Waals surface area contributed by atoms with Crippen LogP contribution >= 0.6 is 11.6 Å². The zero-order chi connectivity index (χ0) is 18.1. The molecule has 1 aliphatic carbocycles. The number of ketones is 1. The van der Waals surface area contributed by atoms with Crippen molar-refractivity contribution in [2.45, 2.75) is 46.1 Å². The minimum Gasteiger partial charge on any atom is -0.354 e. The van der Waals surface area contributed by atoms with Crippen LogP contribution in [0.2, 0.25) is 5.02 Å². The van der Waals surface area contributed by atoms with Crippen molar-refractivity contribution in [2.24, 2.45) is 5.92 Å². The maximum atomic E-state index is 12.9. The van der Waals surface area contributed by atoms with Gasteiger partial charge in [-0.2, -0.15) is 0 Å². The Balaban J connectivity index is 1.87. The fraction of sp³-hybridized carbons (Fsp3) is 0.400. The van der Waals surface area contributed by atoms with Gasteiger partial charge in [0.2, 0.25) is 0 Å².